The summed E-state index contributed by atoms with van der Waals surface area (Å²) in [6.07, 6.45) is 3.15. The largest absolute Gasteiger partial charge is 0.292 e. The van der Waals surface area contributed by atoms with Crippen molar-refractivity contribution in [3.63, 3.8) is 0 Å². The smallest absolute Gasteiger partial charge is 0.264 e. The molecule has 14 heavy (non-hydrogen) atoms. The van der Waals surface area contributed by atoms with Gasteiger partial charge in [-0.05, 0) is 12.5 Å². The number of aromatic amines is 1. The topological polar surface area (TPSA) is 86.9 Å². The van der Waals surface area contributed by atoms with Crippen LogP contribution in [0.3, 0.4) is 0 Å². The second-order valence-electron chi connectivity index (χ2n) is 2.69. The summed E-state index contributed by atoms with van der Waals surface area (Å²) < 4.78 is 0. The molecule has 0 aromatic carbocycles. The first-order valence-corrected chi connectivity index (χ1v) is 4.30. The molecule has 0 spiro atoms. The van der Waals surface area contributed by atoms with E-state index in [1.807, 2.05) is 0 Å². The highest BCUT2D eigenvalue weighted by Gasteiger charge is 2.03. The molecule has 0 aliphatic carbocycles. The number of aromatic nitrogens is 2. The zero-order chi connectivity index (χ0) is 10.2. The van der Waals surface area contributed by atoms with E-state index in [0.29, 0.717) is 6.42 Å². The average molecular weight is 196 g/mol. The monoisotopic (exact) mass is 196 g/mol. The molecule has 0 unspecified atom stereocenters. The van der Waals surface area contributed by atoms with Crippen LogP contribution < -0.4 is 16.4 Å². The van der Waals surface area contributed by atoms with Gasteiger partial charge in [-0.1, -0.05) is 0 Å². The number of nitrogens with one attached hydrogen (secondary N) is 3. The van der Waals surface area contributed by atoms with Crippen molar-refractivity contribution in [2.75, 3.05) is 6.54 Å². The molecule has 1 aromatic heterocycles. The van der Waals surface area contributed by atoms with Gasteiger partial charge in [-0.15, -0.1) is 0 Å². The van der Waals surface area contributed by atoms with Gasteiger partial charge in [0.25, 0.3) is 5.56 Å². The second-order valence-corrected chi connectivity index (χ2v) is 2.69. The van der Waals surface area contributed by atoms with Gasteiger partial charge in [-0.3, -0.25) is 15.0 Å². The van der Waals surface area contributed by atoms with Gasteiger partial charge in [0, 0.05) is 25.2 Å². The Bertz CT molecular complexity index is 311. The summed E-state index contributed by atoms with van der Waals surface area (Å²) in [7, 11) is 0. The number of carbonyl (C=O) groups is 1. The lowest BCUT2D eigenvalue weighted by Crippen LogP contribution is -2.42. The highest BCUT2D eigenvalue weighted by atomic mass is 16.2. The summed E-state index contributed by atoms with van der Waals surface area (Å²) in [5.41, 5.74) is 5.06. The minimum Gasteiger partial charge on any atom is -0.292 e. The number of hydrazine groups is 1. The summed E-state index contributed by atoms with van der Waals surface area (Å²) in [5, 5.41) is 5.67. The van der Waals surface area contributed by atoms with Crippen molar-refractivity contribution in [3.8, 4) is 0 Å². The number of hydrogen-bond donors (Lipinski definition) is 3. The third-order valence-corrected chi connectivity index (χ3v) is 1.52. The van der Waals surface area contributed by atoms with E-state index in [1.165, 1.54) is 12.3 Å². The van der Waals surface area contributed by atoms with Crippen molar-refractivity contribution in [2.45, 2.75) is 12.8 Å². The summed E-state index contributed by atoms with van der Waals surface area (Å²) >= 11 is 0. The Kier molecular flexibility index (Phi) is 4.36. The van der Waals surface area contributed by atoms with E-state index in [9.17, 15) is 9.59 Å². The molecule has 0 saturated carbocycles. The van der Waals surface area contributed by atoms with Crippen molar-refractivity contribution >= 4 is 5.91 Å². The molecule has 1 aromatic rings. The molecule has 1 aliphatic rings. The highest BCUT2D eigenvalue weighted by Crippen LogP contribution is 1.88. The maximum absolute atomic E-state index is 10.3. The van der Waals surface area contributed by atoms with E-state index in [-0.39, 0.29) is 11.5 Å². The van der Waals surface area contributed by atoms with Crippen LogP contribution in [0.15, 0.2) is 23.1 Å². The molecule has 3 N–H and O–H groups in total. The number of H-pyrrole nitrogens is 1. The molecule has 2 rings (SSSR count). The zero-order valence-electron chi connectivity index (χ0n) is 7.62. The molecular weight excluding hydrogens is 184 g/mol. The van der Waals surface area contributed by atoms with E-state index in [2.05, 4.69) is 21.0 Å². The van der Waals surface area contributed by atoms with E-state index in [4.69, 9.17) is 0 Å². The molecule has 0 bridgehead atoms. The Morgan fingerprint density at radius 3 is 2.50 bits per heavy atom. The maximum Gasteiger partial charge on any atom is 0.264 e. The fraction of sp³-hybridized carbons (Fsp3) is 0.375. The van der Waals surface area contributed by atoms with Gasteiger partial charge in [-0.2, -0.15) is 5.10 Å². The van der Waals surface area contributed by atoms with Crippen molar-refractivity contribution in [1.82, 2.24) is 21.0 Å². The first kappa shape index (κ1) is 10.4. The Morgan fingerprint density at radius 1 is 1.36 bits per heavy atom. The van der Waals surface area contributed by atoms with Gasteiger partial charge in [-0.25, -0.2) is 10.5 Å². The third kappa shape index (κ3) is 4.36. The van der Waals surface area contributed by atoms with Crippen molar-refractivity contribution in [1.29, 1.82) is 0 Å². The van der Waals surface area contributed by atoms with E-state index in [0.717, 1.165) is 13.0 Å². The quantitative estimate of drug-likeness (QED) is 0.505. The van der Waals surface area contributed by atoms with Gasteiger partial charge in [0.05, 0.1) is 0 Å². The molecule has 1 aliphatic heterocycles. The lowest BCUT2D eigenvalue weighted by atomic mass is 10.3. The zero-order valence-corrected chi connectivity index (χ0v) is 7.62. The minimum atomic E-state index is -0.164. The molecule has 1 saturated heterocycles. The first-order chi connectivity index (χ1) is 6.79. The second kappa shape index (κ2) is 5.87. The van der Waals surface area contributed by atoms with Crippen molar-refractivity contribution < 1.29 is 4.79 Å². The standard InChI is InChI=1S/C4H8N2O.C4H4N2O/c2*7-4-2-1-3-5-6-4/h5H,1-3H2,(H,6,7);1-3H,(H,6,7). The van der Waals surface area contributed by atoms with Crippen molar-refractivity contribution in [3.05, 3.63) is 28.7 Å². The first-order valence-electron chi connectivity index (χ1n) is 4.30. The lowest BCUT2D eigenvalue weighted by Gasteiger charge is -2.10. The van der Waals surface area contributed by atoms with Crippen LogP contribution in [0.5, 0.6) is 0 Å². The Labute approximate surface area is 80.7 Å². The van der Waals surface area contributed by atoms with Gasteiger partial charge in [0.1, 0.15) is 0 Å². The van der Waals surface area contributed by atoms with Gasteiger partial charge in [0.15, 0.2) is 0 Å². The Hall–Kier alpha value is -1.69. The molecule has 6 nitrogen and oxygen atoms in total. The summed E-state index contributed by atoms with van der Waals surface area (Å²) in [6.45, 7) is 0.908. The Balaban J connectivity index is 0.000000140. The molecule has 1 fully saturated rings. The molecule has 2 heterocycles. The van der Waals surface area contributed by atoms with Gasteiger partial charge >= 0.3 is 0 Å². The highest BCUT2D eigenvalue weighted by molar-refractivity contribution is 5.75. The van der Waals surface area contributed by atoms with Crippen LogP contribution in [0.25, 0.3) is 0 Å². The summed E-state index contributed by atoms with van der Waals surface area (Å²) in [6, 6.07) is 2.99. The predicted octanol–water partition coefficient (Wildman–Crippen LogP) is -0.829. The van der Waals surface area contributed by atoms with Gasteiger partial charge < -0.3 is 0 Å². The average Bonchev–Trinajstić information content (AvgIpc) is 2.21. The van der Waals surface area contributed by atoms with Crippen LogP contribution in [-0.4, -0.2) is 22.6 Å². The van der Waals surface area contributed by atoms with Crippen LogP contribution in [0, 0.1) is 0 Å². The maximum atomic E-state index is 10.3. The normalized spacial score (nSPS) is 15.0. The van der Waals surface area contributed by atoms with Gasteiger partial charge in [0.2, 0.25) is 5.91 Å². The molecule has 0 atom stereocenters. The molecule has 76 valence electrons. The number of nitrogens with zero attached hydrogens (tertiary/aromatic N) is 1. The van der Waals surface area contributed by atoms with Crippen LogP contribution in [0.1, 0.15) is 12.8 Å². The third-order valence-electron chi connectivity index (χ3n) is 1.52. The molecule has 1 amide bonds. The number of carbonyl (C=O) groups excluding carboxylic acids is 1. The minimum absolute atomic E-state index is 0.103. The number of rotatable bonds is 0. The molecule has 0 radical (unpaired) electrons. The fourth-order valence-electron chi connectivity index (χ4n) is 0.873. The van der Waals surface area contributed by atoms with Crippen LogP contribution in [0.2, 0.25) is 0 Å². The van der Waals surface area contributed by atoms with Crippen molar-refractivity contribution in [2.24, 2.45) is 0 Å². The van der Waals surface area contributed by atoms with Crippen LogP contribution in [0.4, 0.5) is 0 Å². The molecular formula is C8H12N4O2. The number of hydrogen-bond acceptors (Lipinski definition) is 4. The number of amides is 1. The molecule has 6 heteroatoms. The lowest BCUT2D eigenvalue weighted by molar-refractivity contribution is -0.123. The summed E-state index contributed by atoms with van der Waals surface area (Å²) in [5.74, 6) is 0.103. The Morgan fingerprint density at radius 2 is 2.21 bits per heavy atom. The van der Waals surface area contributed by atoms with E-state index >= 15 is 0 Å². The predicted molar refractivity (Wildman–Crippen MR) is 50.2 cm³/mol. The van der Waals surface area contributed by atoms with Crippen LogP contribution >= 0.6 is 0 Å². The summed E-state index contributed by atoms with van der Waals surface area (Å²) in [4.78, 5) is 20.4. The van der Waals surface area contributed by atoms with E-state index < -0.39 is 0 Å². The SMILES string of the molecule is O=C1CCCNN1.O=c1cccn[nH]1. The fourth-order valence-corrected chi connectivity index (χ4v) is 0.873. The van der Waals surface area contributed by atoms with E-state index in [1.54, 1.807) is 6.07 Å². The van der Waals surface area contributed by atoms with Crippen LogP contribution in [-0.2, 0) is 4.79 Å².